The summed E-state index contributed by atoms with van der Waals surface area (Å²) in [6, 6.07) is 6.04. The molecule has 0 saturated heterocycles. The Hall–Kier alpha value is -0.263. The van der Waals surface area contributed by atoms with E-state index in [2.05, 4.69) is 31.6 Å². The molecule has 0 aromatic heterocycles. The van der Waals surface area contributed by atoms with Gasteiger partial charge in [-0.1, -0.05) is 36.8 Å². The summed E-state index contributed by atoms with van der Waals surface area (Å²) in [5.74, 6) is 2.12. The van der Waals surface area contributed by atoms with E-state index in [-0.39, 0.29) is 4.37 Å². The molecule has 0 aliphatic rings. The summed E-state index contributed by atoms with van der Waals surface area (Å²) in [6.45, 7) is 4.43. The summed E-state index contributed by atoms with van der Waals surface area (Å²) in [5, 5.41) is 0. The molecule has 17 heavy (non-hydrogen) atoms. The van der Waals surface area contributed by atoms with Crippen molar-refractivity contribution < 1.29 is 9.47 Å². The predicted molar refractivity (Wildman–Crippen MR) is 82.6 cm³/mol. The minimum absolute atomic E-state index is 0.0307. The van der Waals surface area contributed by atoms with Gasteiger partial charge in [-0.25, -0.2) is 0 Å². The van der Waals surface area contributed by atoms with Crippen LogP contribution in [0.4, 0.5) is 0 Å². The maximum Gasteiger partial charge on any atom is 0.165 e. The zero-order valence-corrected chi connectivity index (χ0v) is 14.7. The first-order valence-corrected chi connectivity index (χ1v) is 8.42. The van der Waals surface area contributed by atoms with E-state index < -0.39 is 0 Å². The molecular formula is C12H20O2S2Si. The van der Waals surface area contributed by atoms with Crippen LogP contribution in [0.15, 0.2) is 18.2 Å². The van der Waals surface area contributed by atoms with E-state index in [0.29, 0.717) is 5.92 Å². The molecule has 96 valence electrons. The quantitative estimate of drug-likeness (QED) is 0.510. The first-order chi connectivity index (χ1) is 8.01. The molecular weight excluding hydrogens is 268 g/mol. The number of thiol groups is 1. The molecule has 1 aromatic rings. The van der Waals surface area contributed by atoms with Crippen molar-refractivity contribution in [2.45, 2.75) is 18.2 Å². The first kappa shape index (κ1) is 14.8. The van der Waals surface area contributed by atoms with Crippen LogP contribution in [0.1, 0.15) is 19.4 Å². The van der Waals surface area contributed by atoms with Crippen LogP contribution < -0.4 is 9.47 Å². The smallest absolute Gasteiger partial charge is 0.165 e. The van der Waals surface area contributed by atoms with Crippen LogP contribution >= 0.6 is 22.5 Å². The van der Waals surface area contributed by atoms with Gasteiger partial charge in [-0.3, -0.25) is 0 Å². The van der Waals surface area contributed by atoms with Crippen molar-refractivity contribution in [1.29, 1.82) is 0 Å². The van der Waals surface area contributed by atoms with E-state index >= 15 is 0 Å². The van der Waals surface area contributed by atoms with Gasteiger partial charge in [0, 0.05) is 20.2 Å². The lowest BCUT2D eigenvalue weighted by atomic mass is 9.99. The minimum atomic E-state index is 0.0307. The number of ether oxygens (including phenoxy) is 2. The second-order valence-corrected chi connectivity index (χ2v) is 8.27. The molecule has 0 saturated carbocycles. The van der Waals surface area contributed by atoms with Crippen LogP contribution in [-0.2, 0) is 4.37 Å². The van der Waals surface area contributed by atoms with Crippen molar-refractivity contribution in [2.75, 3.05) is 14.2 Å². The van der Waals surface area contributed by atoms with Gasteiger partial charge >= 0.3 is 0 Å². The van der Waals surface area contributed by atoms with Crippen LogP contribution in [-0.4, -0.2) is 24.5 Å². The number of para-hydroxylation sites is 1. The molecule has 0 aliphatic carbocycles. The highest BCUT2D eigenvalue weighted by molar-refractivity contribution is 8.69. The van der Waals surface area contributed by atoms with Crippen LogP contribution in [0.2, 0.25) is 0 Å². The van der Waals surface area contributed by atoms with Gasteiger partial charge in [0.2, 0.25) is 0 Å². The predicted octanol–water partition coefficient (Wildman–Crippen LogP) is 2.46. The summed E-state index contributed by atoms with van der Waals surface area (Å²) in [5.41, 5.74) is 1.18. The topological polar surface area (TPSA) is 18.5 Å². The van der Waals surface area contributed by atoms with Crippen molar-refractivity contribution in [3.8, 4) is 11.5 Å². The molecule has 0 radical (unpaired) electrons. The number of rotatable bonds is 5. The molecule has 1 rings (SSSR count). The Labute approximate surface area is 116 Å². The maximum atomic E-state index is 5.52. The van der Waals surface area contributed by atoms with Crippen molar-refractivity contribution in [3.63, 3.8) is 0 Å². The molecule has 0 N–H and O–H groups in total. The fraction of sp³-hybridized carbons (Fsp3) is 0.500. The fourth-order valence-electron chi connectivity index (χ4n) is 1.74. The molecule has 5 heteroatoms. The molecule has 0 fully saturated rings. The average molecular weight is 289 g/mol. The average Bonchev–Trinajstić information content (AvgIpc) is 2.36. The summed E-state index contributed by atoms with van der Waals surface area (Å²) in [4.78, 5) is 0. The zero-order chi connectivity index (χ0) is 13.1. The Kier molecular flexibility index (Phi) is 5.28. The van der Waals surface area contributed by atoms with E-state index in [1.54, 1.807) is 25.0 Å². The van der Waals surface area contributed by atoms with Gasteiger partial charge in [-0.05, 0) is 12.0 Å². The monoisotopic (exact) mass is 288 g/mol. The Morgan fingerprint density at radius 1 is 1.29 bits per heavy atom. The Balaban J connectivity index is 3.38. The van der Waals surface area contributed by atoms with Gasteiger partial charge in [0.05, 0.1) is 14.2 Å². The van der Waals surface area contributed by atoms with E-state index in [0.717, 1.165) is 21.7 Å². The molecule has 1 atom stereocenters. The number of hydrogen-bond acceptors (Lipinski definition) is 4. The van der Waals surface area contributed by atoms with Gasteiger partial charge in [0.1, 0.15) is 0 Å². The number of hydrogen-bond donors (Lipinski definition) is 1. The SMILES string of the molecule is COc1cccc(C([SiH3])(SS)C(C)C)c1OC. The van der Waals surface area contributed by atoms with Crippen molar-refractivity contribution in [3.05, 3.63) is 23.8 Å². The Morgan fingerprint density at radius 3 is 2.35 bits per heavy atom. The van der Waals surface area contributed by atoms with E-state index in [1.807, 2.05) is 12.1 Å². The fourth-order valence-corrected chi connectivity index (χ4v) is 3.53. The summed E-state index contributed by atoms with van der Waals surface area (Å²) < 4.78 is 10.9. The standard InChI is InChI=1S/C12H20O2S2Si/c1-8(2)12(17,16-15)9-6-5-7-10(13-3)11(9)14-4/h5-8,15H,1-4,17H3. The highest BCUT2D eigenvalue weighted by Gasteiger charge is 2.34. The van der Waals surface area contributed by atoms with Crippen LogP contribution in [0, 0.1) is 5.92 Å². The lowest BCUT2D eigenvalue weighted by Crippen LogP contribution is -2.28. The van der Waals surface area contributed by atoms with Gasteiger partial charge < -0.3 is 9.47 Å². The highest BCUT2D eigenvalue weighted by Crippen LogP contribution is 2.48. The second kappa shape index (κ2) is 6.07. The maximum absolute atomic E-state index is 5.52. The van der Waals surface area contributed by atoms with Gasteiger partial charge in [-0.2, -0.15) is 0 Å². The molecule has 2 nitrogen and oxygen atoms in total. The van der Waals surface area contributed by atoms with Gasteiger partial charge in [0.25, 0.3) is 0 Å². The molecule has 0 amide bonds. The molecule has 0 heterocycles. The third-order valence-corrected chi connectivity index (χ3v) is 8.77. The van der Waals surface area contributed by atoms with Gasteiger partial charge in [0.15, 0.2) is 11.5 Å². The van der Waals surface area contributed by atoms with E-state index in [1.165, 1.54) is 5.56 Å². The third-order valence-electron chi connectivity index (χ3n) is 3.23. The minimum Gasteiger partial charge on any atom is -0.493 e. The molecule has 1 aromatic carbocycles. The molecule has 0 spiro atoms. The number of benzene rings is 1. The van der Waals surface area contributed by atoms with Crippen molar-refractivity contribution in [2.24, 2.45) is 5.92 Å². The summed E-state index contributed by atoms with van der Waals surface area (Å²) in [6.07, 6.45) is 0. The van der Waals surface area contributed by atoms with E-state index in [4.69, 9.17) is 9.47 Å². The van der Waals surface area contributed by atoms with Crippen LogP contribution in [0.3, 0.4) is 0 Å². The van der Waals surface area contributed by atoms with E-state index in [9.17, 15) is 0 Å². The van der Waals surface area contributed by atoms with Gasteiger partial charge in [-0.15, -0.1) is 11.7 Å². The lowest BCUT2D eigenvalue weighted by Gasteiger charge is -2.33. The van der Waals surface area contributed by atoms with Crippen LogP contribution in [0.5, 0.6) is 11.5 Å². The third kappa shape index (κ3) is 2.77. The second-order valence-electron chi connectivity index (χ2n) is 4.39. The molecule has 0 aliphatic heterocycles. The first-order valence-electron chi connectivity index (χ1n) is 5.55. The normalized spacial score (nSPS) is 14.7. The lowest BCUT2D eigenvalue weighted by molar-refractivity contribution is 0.348. The molecule has 1 unspecified atom stereocenters. The summed E-state index contributed by atoms with van der Waals surface area (Å²) >= 11 is 4.46. The van der Waals surface area contributed by atoms with Crippen molar-refractivity contribution in [1.82, 2.24) is 0 Å². The highest BCUT2D eigenvalue weighted by atomic mass is 33.1. The largest absolute Gasteiger partial charge is 0.493 e. The Morgan fingerprint density at radius 2 is 1.94 bits per heavy atom. The number of methoxy groups -OCH3 is 2. The van der Waals surface area contributed by atoms with Crippen molar-refractivity contribution >= 4 is 32.7 Å². The van der Waals surface area contributed by atoms with Crippen LogP contribution in [0.25, 0.3) is 0 Å². The Bertz CT molecular complexity index is 385. The summed E-state index contributed by atoms with van der Waals surface area (Å²) in [7, 11) is 5.95. The zero-order valence-electron chi connectivity index (χ0n) is 11.0. The molecule has 0 bridgehead atoms.